The first-order valence-electron chi connectivity index (χ1n) is 12.5. The Morgan fingerprint density at radius 1 is 0.946 bits per heavy atom. The van der Waals surface area contributed by atoms with Crippen molar-refractivity contribution in [3.05, 3.63) is 102 Å². The Hall–Kier alpha value is -4.03. The highest BCUT2D eigenvalue weighted by Crippen LogP contribution is 2.45. The molecule has 5 rings (SSSR count). The Morgan fingerprint density at radius 3 is 2.32 bits per heavy atom. The Morgan fingerprint density at radius 2 is 1.62 bits per heavy atom. The molecule has 1 fully saturated rings. The molecule has 4 aromatic carbocycles. The maximum atomic E-state index is 12.3. The molecule has 0 saturated carbocycles. The van der Waals surface area contributed by atoms with Crippen LogP contribution in [0.2, 0.25) is 0 Å². The zero-order valence-electron chi connectivity index (χ0n) is 21.1. The number of benzene rings is 4. The zero-order chi connectivity index (χ0) is 25.8. The molecule has 190 valence electrons. The van der Waals surface area contributed by atoms with E-state index in [9.17, 15) is 9.90 Å². The van der Waals surface area contributed by atoms with Gasteiger partial charge >= 0.3 is 5.97 Å². The molecule has 4 aromatic rings. The van der Waals surface area contributed by atoms with E-state index in [2.05, 4.69) is 29.2 Å². The quantitative estimate of drug-likeness (QED) is 0.303. The summed E-state index contributed by atoms with van der Waals surface area (Å²) in [6, 6.07) is 27.3. The minimum Gasteiger partial charge on any atom is -0.493 e. The predicted octanol–water partition coefficient (Wildman–Crippen LogP) is 6.07. The fourth-order valence-corrected chi connectivity index (χ4v) is 5.33. The molecule has 0 spiro atoms. The highest BCUT2D eigenvalue weighted by Gasteiger charge is 2.38. The Kier molecular flexibility index (Phi) is 7.28. The third-order valence-corrected chi connectivity index (χ3v) is 7.05. The first kappa shape index (κ1) is 24.7. The summed E-state index contributed by atoms with van der Waals surface area (Å²) in [6.07, 6.45) is 1.44. The van der Waals surface area contributed by atoms with Crippen molar-refractivity contribution in [1.82, 2.24) is 4.90 Å². The van der Waals surface area contributed by atoms with Crippen LogP contribution in [-0.4, -0.2) is 42.8 Å². The van der Waals surface area contributed by atoms with E-state index in [1.165, 1.54) is 0 Å². The van der Waals surface area contributed by atoms with Crippen LogP contribution < -0.4 is 14.2 Å². The average Bonchev–Trinajstić information content (AvgIpc) is 3.42. The van der Waals surface area contributed by atoms with Crippen molar-refractivity contribution in [2.75, 3.05) is 20.8 Å². The number of carboxylic acids is 1. The van der Waals surface area contributed by atoms with E-state index < -0.39 is 12.0 Å². The van der Waals surface area contributed by atoms with Gasteiger partial charge in [0.1, 0.15) is 12.6 Å². The molecule has 6 nitrogen and oxygen atoms in total. The summed E-state index contributed by atoms with van der Waals surface area (Å²) in [5.41, 5.74) is 2.98. The fourth-order valence-electron chi connectivity index (χ4n) is 5.33. The largest absolute Gasteiger partial charge is 0.493 e. The molecule has 6 heteroatoms. The van der Waals surface area contributed by atoms with E-state index in [0.717, 1.165) is 33.9 Å². The third kappa shape index (κ3) is 4.98. The number of likely N-dealkylation sites (tertiary alicyclic amines) is 1. The van der Waals surface area contributed by atoms with Gasteiger partial charge in [-0.1, -0.05) is 72.8 Å². The fraction of sp³-hybridized carbons (Fsp3) is 0.258. The van der Waals surface area contributed by atoms with Gasteiger partial charge in [-0.3, -0.25) is 9.69 Å². The number of ether oxygens (including phenoxy) is 3. The van der Waals surface area contributed by atoms with Crippen molar-refractivity contribution in [3.63, 3.8) is 0 Å². The van der Waals surface area contributed by atoms with E-state index in [1.54, 1.807) is 14.2 Å². The lowest BCUT2D eigenvalue weighted by Crippen LogP contribution is -2.39. The Labute approximate surface area is 217 Å². The molecule has 0 aliphatic carbocycles. The first-order valence-corrected chi connectivity index (χ1v) is 12.5. The van der Waals surface area contributed by atoms with Crippen molar-refractivity contribution in [1.29, 1.82) is 0 Å². The topological polar surface area (TPSA) is 68.2 Å². The number of aliphatic carboxylic acids is 1. The maximum Gasteiger partial charge on any atom is 0.320 e. The van der Waals surface area contributed by atoms with Gasteiger partial charge < -0.3 is 19.3 Å². The molecule has 2 atom stereocenters. The van der Waals surface area contributed by atoms with Gasteiger partial charge in [-0.15, -0.1) is 0 Å². The van der Waals surface area contributed by atoms with Gasteiger partial charge in [-0.25, -0.2) is 0 Å². The van der Waals surface area contributed by atoms with Crippen molar-refractivity contribution < 1.29 is 24.1 Å². The lowest BCUT2D eigenvalue weighted by Gasteiger charge is -2.33. The molecule has 1 aliphatic heterocycles. The number of hydrogen-bond donors (Lipinski definition) is 1. The minimum absolute atomic E-state index is 0.305. The first-order chi connectivity index (χ1) is 18.1. The summed E-state index contributed by atoms with van der Waals surface area (Å²) in [6.45, 7) is 1.05. The highest BCUT2D eigenvalue weighted by atomic mass is 16.5. The van der Waals surface area contributed by atoms with Crippen molar-refractivity contribution in [2.45, 2.75) is 31.5 Å². The van der Waals surface area contributed by atoms with Gasteiger partial charge in [-0.05, 0) is 52.4 Å². The standard InChI is InChI=1S/C31H31NO5/c1-35-27-18-23(19-28(36-2)30(27)37-20-21-10-4-3-5-11-21)29(32-17-9-16-26(32)31(33)34)25-15-8-13-22-12-6-7-14-24(22)25/h3-8,10-15,18-19,26,29H,9,16-17,20H2,1-2H3,(H,33,34). The van der Waals surface area contributed by atoms with Gasteiger partial charge in [-0.2, -0.15) is 0 Å². The number of rotatable bonds is 9. The molecule has 0 bridgehead atoms. The smallest absolute Gasteiger partial charge is 0.320 e. The molecule has 37 heavy (non-hydrogen) atoms. The number of methoxy groups -OCH3 is 2. The van der Waals surface area contributed by atoms with Gasteiger partial charge in [0.05, 0.1) is 20.3 Å². The Balaban J connectivity index is 1.63. The summed E-state index contributed by atoms with van der Waals surface area (Å²) in [7, 11) is 3.22. The van der Waals surface area contributed by atoms with Crippen LogP contribution in [0.5, 0.6) is 17.2 Å². The SMILES string of the molecule is COc1cc(C(c2cccc3ccccc23)N2CCCC2C(=O)O)cc(OC)c1OCc1ccccc1. The highest BCUT2D eigenvalue weighted by molar-refractivity contribution is 5.86. The maximum absolute atomic E-state index is 12.3. The molecule has 0 amide bonds. The summed E-state index contributed by atoms with van der Waals surface area (Å²) in [5.74, 6) is 0.804. The molecule has 1 saturated heterocycles. The summed E-state index contributed by atoms with van der Waals surface area (Å²) < 4.78 is 17.7. The van der Waals surface area contributed by atoms with E-state index >= 15 is 0 Å². The van der Waals surface area contributed by atoms with Crippen molar-refractivity contribution >= 4 is 16.7 Å². The zero-order valence-corrected chi connectivity index (χ0v) is 21.1. The minimum atomic E-state index is -0.801. The van der Waals surface area contributed by atoms with Crippen LogP contribution in [0.4, 0.5) is 0 Å². The molecule has 1 N–H and O–H groups in total. The second-order valence-corrected chi connectivity index (χ2v) is 9.23. The molecular formula is C31H31NO5. The number of fused-ring (bicyclic) bond motifs is 1. The van der Waals surface area contributed by atoms with Crippen LogP contribution in [0.25, 0.3) is 10.8 Å². The second-order valence-electron chi connectivity index (χ2n) is 9.23. The van der Waals surface area contributed by atoms with Gasteiger partial charge in [0.25, 0.3) is 0 Å². The van der Waals surface area contributed by atoms with Gasteiger partial charge in [0, 0.05) is 6.54 Å². The lowest BCUT2D eigenvalue weighted by atomic mass is 9.91. The van der Waals surface area contributed by atoms with Crippen LogP contribution in [0.15, 0.2) is 84.9 Å². The van der Waals surface area contributed by atoms with E-state index in [-0.39, 0.29) is 6.04 Å². The predicted molar refractivity (Wildman–Crippen MR) is 143 cm³/mol. The van der Waals surface area contributed by atoms with Gasteiger partial charge in [0.15, 0.2) is 11.5 Å². The van der Waals surface area contributed by atoms with Crippen LogP contribution in [-0.2, 0) is 11.4 Å². The van der Waals surface area contributed by atoms with Crippen LogP contribution in [0.3, 0.4) is 0 Å². The van der Waals surface area contributed by atoms with Crippen LogP contribution in [0.1, 0.15) is 35.6 Å². The number of carboxylic acid groups (broad SMARTS) is 1. The second kappa shape index (κ2) is 10.9. The number of carbonyl (C=O) groups is 1. The molecule has 0 aromatic heterocycles. The summed E-state index contributed by atoms with van der Waals surface area (Å²) in [5, 5.41) is 12.3. The average molecular weight is 498 g/mol. The number of nitrogens with zero attached hydrogens (tertiary/aromatic N) is 1. The van der Waals surface area contributed by atoms with Crippen LogP contribution in [0, 0.1) is 0 Å². The Bertz CT molecular complexity index is 1360. The molecule has 0 radical (unpaired) electrons. The van der Waals surface area contributed by atoms with Crippen molar-refractivity contribution in [2.24, 2.45) is 0 Å². The normalized spacial score (nSPS) is 16.4. The third-order valence-electron chi connectivity index (χ3n) is 7.05. The van der Waals surface area contributed by atoms with E-state index in [0.29, 0.717) is 36.8 Å². The van der Waals surface area contributed by atoms with Gasteiger partial charge in [0.2, 0.25) is 5.75 Å². The molecule has 1 aliphatic rings. The van der Waals surface area contributed by atoms with E-state index in [4.69, 9.17) is 14.2 Å². The van der Waals surface area contributed by atoms with Crippen molar-refractivity contribution in [3.8, 4) is 17.2 Å². The lowest BCUT2D eigenvalue weighted by molar-refractivity contribution is -0.142. The number of hydrogen-bond acceptors (Lipinski definition) is 5. The molecule has 1 heterocycles. The monoisotopic (exact) mass is 497 g/mol. The summed E-state index contributed by atoms with van der Waals surface area (Å²) >= 11 is 0. The molecular weight excluding hydrogens is 466 g/mol. The van der Waals surface area contributed by atoms with Crippen LogP contribution >= 0.6 is 0 Å². The summed E-state index contributed by atoms with van der Waals surface area (Å²) in [4.78, 5) is 14.3. The van der Waals surface area contributed by atoms with E-state index in [1.807, 2.05) is 60.7 Å². The molecule has 2 unspecified atom stereocenters.